The van der Waals surface area contributed by atoms with E-state index in [4.69, 9.17) is 5.73 Å². The molecular weight excluding hydrogens is 344 g/mol. The van der Waals surface area contributed by atoms with Gasteiger partial charge in [-0.15, -0.1) is 24.2 Å². The predicted octanol–water partition coefficient (Wildman–Crippen LogP) is 3.27. The van der Waals surface area contributed by atoms with E-state index in [2.05, 4.69) is 36.1 Å². The van der Waals surface area contributed by atoms with Gasteiger partial charge in [0.25, 0.3) is 0 Å². The second-order valence-electron chi connectivity index (χ2n) is 6.22. The number of benzene rings is 1. The molecule has 0 aliphatic rings. The summed E-state index contributed by atoms with van der Waals surface area (Å²) in [6, 6.07) is 8.01. The highest BCUT2D eigenvalue weighted by Crippen LogP contribution is 2.27. The molecule has 2 atom stereocenters. The molecule has 0 fully saturated rings. The Hall–Kier alpha value is -1.24. The SMILES string of the molecule is CC(C)CC(CN)NC(=O)CSC(C)c1nc2ccccc2[nH]1.Cl. The van der Waals surface area contributed by atoms with E-state index >= 15 is 0 Å². The number of halogens is 1. The molecule has 4 N–H and O–H groups in total. The number of rotatable bonds is 8. The number of nitrogens with two attached hydrogens (primary N) is 1. The lowest BCUT2D eigenvalue weighted by atomic mass is 10.0. The number of nitrogens with one attached hydrogen (secondary N) is 2. The van der Waals surface area contributed by atoms with Gasteiger partial charge in [0, 0.05) is 12.6 Å². The summed E-state index contributed by atoms with van der Waals surface area (Å²) in [5.41, 5.74) is 7.71. The fraction of sp³-hybridized carbons (Fsp3) is 0.529. The number of carbonyl (C=O) groups excluding carboxylic acids is 1. The molecule has 24 heavy (non-hydrogen) atoms. The summed E-state index contributed by atoms with van der Waals surface area (Å²) in [5.74, 6) is 1.87. The highest BCUT2D eigenvalue weighted by Gasteiger charge is 2.16. The maximum Gasteiger partial charge on any atom is 0.230 e. The monoisotopic (exact) mass is 370 g/mol. The predicted molar refractivity (Wildman–Crippen MR) is 105 cm³/mol. The first-order chi connectivity index (χ1) is 11.0. The van der Waals surface area contributed by atoms with E-state index in [1.54, 1.807) is 11.8 Å². The van der Waals surface area contributed by atoms with Crippen molar-refractivity contribution in [1.82, 2.24) is 15.3 Å². The molecule has 1 aromatic heterocycles. The topological polar surface area (TPSA) is 83.8 Å². The van der Waals surface area contributed by atoms with Gasteiger partial charge < -0.3 is 16.0 Å². The third-order valence-corrected chi connectivity index (χ3v) is 4.81. The average molecular weight is 371 g/mol. The van der Waals surface area contributed by atoms with Crippen molar-refractivity contribution in [2.45, 2.75) is 38.5 Å². The average Bonchev–Trinajstić information content (AvgIpc) is 2.95. The number of fused-ring (bicyclic) bond motifs is 1. The quantitative estimate of drug-likeness (QED) is 0.665. The Balaban J connectivity index is 0.00000288. The minimum atomic E-state index is 0. The largest absolute Gasteiger partial charge is 0.351 e. The van der Waals surface area contributed by atoms with Crippen LogP contribution in [0.2, 0.25) is 0 Å². The second-order valence-corrected chi connectivity index (χ2v) is 7.55. The van der Waals surface area contributed by atoms with Crippen molar-refractivity contribution in [3.05, 3.63) is 30.1 Å². The summed E-state index contributed by atoms with van der Waals surface area (Å²) in [5, 5.41) is 3.15. The Morgan fingerprint density at radius 1 is 1.33 bits per heavy atom. The second kappa shape index (κ2) is 9.91. The zero-order chi connectivity index (χ0) is 16.8. The van der Waals surface area contributed by atoms with E-state index in [1.807, 2.05) is 24.3 Å². The third kappa shape index (κ3) is 6.00. The zero-order valence-corrected chi connectivity index (χ0v) is 16.0. The van der Waals surface area contributed by atoms with Crippen LogP contribution in [0.3, 0.4) is 0 Å². The highest BCUT2D eigenvalue weighted by atomic mass is 35.5. The number of amides is 1. The van der Waals surface area contributed by atoms with Crippen molar-refractivity contribution in [2.75, 3.05) is 12.3 Å². The molecule has 0 saturated heterocycles. The van der Waals surface area contributed by atoms with E-state index in [9.17, 15) is 4.79 Å². The number of para-hydroxylation sites is 2. The van der Waals surface area contributed by atoms with Crippen LogP contribution in [0, 0.1) is 5.92 Å². The molecule has 7 heteroatoms. The molecule has 0 aliphatic heterocycles. The number of hydrogen-bond donors (Lipinski definition) is 3. The number of carbonyl (C=O) groups is 1. The molecule has 0 aliphatic carbocycles. The number of H-pyrrole nitrogens is 1. The van der Waals surface area contributed by atoms with Gasteiger partial charge in [0.05, 0.1) is 22.0 Å². The molecule has 2 aromatic rings. The van der Waals surface area contributed by atoms with Crippen LogP contribution in [0.4, 0.5) is 0 Å². The van der Waals surface area contributed by atoms with Crippen molar-refractivity contribution in [3.63, 3.8) is 0 Å². The lowest BCUT2D eigenvalue weighted by molar-refractivity contribution is -0.119. The number of imidazole rings is 1. The first-order valence-corrected chi connectivity index (χ1v) is 9.10. The number of nitrogens with zero attached hydrogens (tertiary/aromatic N) is 1. The van der Waals surface area contributed by atoms with Crippen LogP contribution < -0.4 is 11.1 Å². The van der Waals surface area contributed by atoms with Gasteiger partial charge in [-0.25, -0.2) is 4.98 Å². The van der Waals surface area contributed by atoms with E-state index in [1.165, 1.54) is 0 Å². The Labute approximate surface area is 154 Å². The maximum absolute atomic E-state index is 12.1. The number of aromatic amines is 1. The van der Waals surface area contributed by atoms with Crippen molar-refractivity contribution in [3.8, 4) is 0 Å². The van der Waals surface area contributed by atoms with Crippen LogP contribution in [0.25, 0.3) is 11.0 Å². The number of hydrogen-bond acceptors (Lipinski definition) is 4. The molecule has 2 unspecified atom stereocenters. The minimum absolute atomic E-state index is 0. The van der Waals surface area contributed by atoms with Gasteiger partial charge in [0.2, 0.25) is 5.91 Å². The van der Waals surface area contributed by atoms with Gasteiger partial charge >= 0.3 is 0 Å². The molecule has 0 saturated carbocycles. The van der Waals surface area contributed by atoms with Gasteiger partial charge in [0.1, 0.15) is 5.82 Å². The molecule has 5 nitrogen and oxygen atoms in total. The van der Waals surface area contributed by atoms with Gasteiger partial charge in [-0.05, 0) is 31.4 Å². The zero-order valence-electron chi connectivity index (χ0n) is 14.4. The number of thioether (sulfide) groups is 1. The van der Waals surface area contributed by atoms with Gasteiger partial charge in [-0.1, -0.05) is 26.0 Å². The molecular formula is C17H27ClN4OS. The molecule has 1 aromatic carbocycles. The molecule has 0 bridgehead atoms. The van der Waals surface area contributed by atoms with Crippen LogP contribution in [0.1, 0.15) is 38.3 Å². The Morgan fingerprint density at radius 2 is 2.04 bits per heavy atom. The third-order valence-electron chi connectivity index (χ3n) is 3.66. The highest BCUT2D eigenvalue weighted by molar-refractivity contribution is 8.00. The fourth-order valence-corrected chi connectivity index (χ4v) is 3.25. The Bertz CT molecular complexity index is 613. The van der Waals surface area contributed by atoms with Crippen LogP contribution in [0.15, 0.2) is 24.3 Å². The van der Waals surface area contributed by atoms with Crippen LogP contribution in [-0.4, -0.2) is 34.2 Å². The lowest BCUT2D eigenvalue weighted by Crippen LogP contribution is -2.41. The maximum atomic E-state index is 12.1. The normalized spacial score (nSPS) is 13.5. The smallest absolute Gasteiger partial charge is 0.230 e. The fourth-order valence-electron chi connectivity index (χ4n) is 2.50. The van der Waals surface area contributed by atoms with E-state index < -0.39 is 0 Å². The molecule has 1 heterocycles. The van der Waals surface area contributed by atoms with Gasteiger partial charge in [-0.3, -0.25) is 4.79 Å². The van der Waals surface area contributed by atoms with Crippen molar-refractivity contribution in [2.24, 2.45) is 11.7 Å². The van der Waals surface area contributed by atoms with Crippen LogP contribution in [0.5, 0.6) is 0 Å². The summed E-state index contributed by atoms with van der Waals surface area (Å²) in [4.78, 5) is 20.0. The summed E-state index contributed by atoms with van der Waals surface area (Å²) in [7, 11) is 0. The molecule has 0 spiro atoms. The molecule has 1 amide bonds. The summed E-state index contributed by atoms with van der Waals surface area (Å²) in [6.07, 6.45) is 0.909. The molecule has 134 valence electrons. The van der Waals surface area contributed by atoms with E-state index in [-0.39, 0.29) is 29.6 Å². The standard InChI is InChI=1S/C17H26N4OS.ClH/c1-11(2)8-13(9-18)19-16(22)10-23-12(3)17-20-14-6-4-5-7-15(14)21-17;/h4-7,11-13H,8-10,18H2,1-3H3,(H,19,22)(H,20,21);1H. The van der Waals surface area contributed by atoms with Crippen LogP contribution in [-0.2, 0) is 4.79 Å². The van der Waals surface area contributed by atoms with Crippen LogP contribution >= 0.6 is 24.2 Å². The Kier molecular flexibility index (Phi) is 8.59. The van der Waals surface area contributed by atoms with Crippen molar-refractivity contribution in [1.29, 1.82) is 0 Å². The number of aromatic nitrogens is 2. The van der Waals surface area contributed by atoms with Crippen molar-refractivity contribution >= 4 is 41.1 Å². The van der Waals surface area contributed by atoms with E-state index in [0.717, 1.165) is 23.3 Å². The first-order valence-electron chi connectivity index (χ1n) is 8.05. The summed E-state index contributed by atoms with van der Waals surface area (Å²) in [6.45, 7) is 6.80. The summed E-state index contributed by atoms with van der Waals surface area (Å²) >= 11 is 1.58. The minimum Gasteiger partial charge on any atom is -0.351 e. The summed E-state index contributed by atoms with van der Waals surface area (Å²) < 4.78 is 0. The van der Waals surface area contributed by atoms with Crippen molar-refractivity contribution < 1.29 is 4.79 Å². The first kappa shape index (κ1) is 20.8. The Morgan fingerprint density at radius 3 is 2.67 bits per heavy atom. The van der Waals surface area contributed by atoms with Gasteiger partial charge in [-0.2, -0.15) is 0 Å². The van der Waals surface area contributed by atoms with Gasteiger partial charge in [0.15, 0.2) is 0 Å². The molecule has 2 rings (SSSR count). The lowest BCUT2D eigenvalue weighted by Gasteiger charge is -2.19. The van der Waals surface area contributed by atoms with E-state index in [0.29, 0.717) is 18.2 Å². The molecule has 0 radical (unpaired) electrons.